The third kappa shape index (κ3) is 2.97. The molecule has 0 spiro atoms. The predicted octanol–water partition coefficient (Wildman–Crippen LogP) is 3.59. The highest BCUT2D eigenvalue weighted by atomic mass is 35.5. The van der Waals surface area contributed by atoms with Gasteiger partial charge in [-0.25, -0.2) is 0 Å². The molecule has 6 heteroatoms. The molecule has 0 aliphatic heterocycles. The molecular weight excluding hydrogens is 297 g/mol. The first-order valence-corrected chi connectivity index (χ1v) is 7.16. The van der Waals surface area contributed by atoms with E-state index >= 15 is 0 Å². The van der Waals surface area contributed by atoms with Crippen molar-refractivity contribution in [2.75, 3.05) is 5.32 Å². The molecule has 1 N–H and O–H groups in total. The van der Waals surface area contributed by atoms with E-state index in [1.165, 1.54) is 0 Å². The molecule has 0 radical (unpaired) electrons. The summed E-state index contributed by atoms with van der Waals surface area (Å²) in [4.78, 5) is 11.7. The Morgan fingerprint density at radius 1 is 1.30 bits per heavy atom. The van der Waals surface area contributed by atoms with Crippen LogP contribution >= 0.6 is 23.2 Å². The number of halogens is 2. The molecule has 1 saturated carbocycles. The fourth-order valence-electron chi connectivity index (χ4n) is 1.93. The summed E-state index contributed by atoms with van der Waals surface area (Å²) in [5.74, 6) is 0.533. The van der Waals surface area contributed by atoms with Crippen LogP contribution < -0.4 is 5.32 Å². The summed E-state index contributed by atoms with van der Waals surface area (Å²) in [5, 5.41) is 8.17. The monoisotopic (exact) mass is 309 g/mol. The molecule has 0 saturated heterocycles. The first kappa shape index (κ1) is 13.5. The lowest BCUT2D eigenvalue weighted by molar-refractivity contribution is -0.117. The van der Waals surface area contributed by atoms with Gasteiger partial charge in [-0.2, -0.15) is 5.10 Å². The summed E-state index contributed by atoms with van der Waals surface area (Å²) in [6, 6.07) is 7.56. The van der Waals surface area contributed by atoms with Gasteiger partial charge in [0.05, 0.1) is 6.54 Å². The van der Waals surface area contributed by atoms with E-state index in [1.807, 2.05) is 24.3 Å². The quantitative estimate of drug-likeness (QED) is 0.938. The Balaban J connectivity index is 1.75. The lowest BCUT2D eigenvalue weighted by Crippen LogP contribution is -2.14. The van der Waals surface area contributed by atoms with Crippen molar-refractivity contribution < 1.29 is 4.79 Å². The minimum atomic E-state index is -0.00473. The maximum absolute atomic E-state index is 11.7. The second-order valence-electron chi connectivity index (χ2n) is 4.88. The molecular formula is C14H13Cl2N3O. The van der Waals surface area contributed by atoms with Gasteiger partial charge in [0.2, 0.25) is 5.91 Å². The molecule has 20 heavy (non-hydrogen) atoms. The number of rotatable bonds is 4. The molecule has 1 fully saturated rings. The normalized spacial score (nSPS) is 14.3. The van der Waals surface area contributed by atoms with E-state index in [0.29, 0.717) is 22.4 Å². The Hall–Kier alpha value is -1.52. The number of amides is 1. The minimum absolute atomic E-state index is 0.00473. The van der Waals surface area contributed by atoms with Crippen LogP contribution in [0.2, 0.25) is 10.0 Å². The first-order valence-electron chi connectivity index (χ1n) is 6.40. The second kappa shape index (κ2) is 5.46. The van der Waals surface area contributed by atoms with E-state index in [2.05, 4.69) is 10.4 Å². The van der Waals surface area contributed by atoms with Gasteiger partial charge in [0.25, 0.3) is 0 Å². The summed E-state index contributed by atoms with van der Waals surface area (Å²) in [6.45, 7) is 0.513. The zero-order valence-corrected chi connectivity index (χ0v) is 12.2. The summed E-state index contributed by atoms with van der Waals surface area (Å²) < 4.78 is 1.67. The van der Waals surface area contributed by atoms with Crippen molar-refractivity contribution in [2.45, 2.75) is 19.4 Å². The fourth-order valence-corrected chi connectivity index (χ4v) is 2.32. The minimum Gasteiger partial charge on any atom is -0.308 e. The third-order valence-electron chi connectivity index (χ3n) is 3.20. The number of benzene rings is 1. The van der Waals surface area contributed by atoms with Crippen LogP contribution in [0.5, 0.6) is 0 Å². The molecule has 0 bridgehead atoms. The Kier molecular flexibility index (Phi) is 3.68. The largest absolute Gasteiger partial charge is 0.308 e. The fraction of sp³-hybridized carbons (Fsp3) is 0.286. The topological polar surface area (TPSA) is 46.9 Å². The molecule has 1 aliphatic rings. The maximum atomic E-state index is 11.7. The second-order valence-corrected chi connectivity index (χ2v) is 5.69. The summed E-state index contributed by atoms with van der Waals surface area (Å²) in [7, 11) is 0. The molecule has 0 atom stereocenters. The van der Waals surface area contributed by atoms with Crippen molar-refractivity contribution in [2.24, 2.45) is 5.92 Å². The van der Waals surface area contributed by atoms with Crippen LogP contribution in [0.4, 0.5) is 5.82 Å². The number of hydrogen-bond donors (Lipinski definition) is 1. The van der Waals surface area contributed by atoms with Crippen LogP contribution in [-0.4, -0.2) is 15.7 Å². The van der Waals surface area contributed by atoms with E-state index in [1.54, 1.807) is 10.9 Å². The number of anilines is 1. The van der Waals surface area contributed by atoms with Gasteiger partial charge in [-0.15, -0.1) is 0 Å². The maximum Gasteiger partial charge on any atom is 0.228 e. The molecule has 104 valence electrons. The van der Waals surface area contributed by atoms with Gasteiger partial charge in [-0.1, -0.05) is 41.4 Å². The van der Waals surface area contributed by atoms with Crippen molar-refractivity contribution in [1.29, 1.82) is 0 Å². The zero-order valence-electron chi connectivity index (χ0n) is 10.6. The summed E-state index contributed by atoms with van der Waals surface area (Å²) in [5.41, 5.74) is 0.952. The molecule has 1 amide bonds. The van der Waals surface area contributed by atoms with Gasteiger partial charge in [0.15, 0.2) is 5.82 Å². The Morgan fingerprint density at radius 3 is 2.75 bits per heavy atom. The van der Waals surface area contributed by atoms with Gasteiger partial charge < -0.3 is 5.32 Å². The Labute approximate surface area is 126 Å². The van der Waals surface area contributed by atoms with Gasteiger partial charge in [0.1, 0.15) is 5.02 Å². The number of hydrogen-bond acceptors (Lipinski definition) is 2. The zero-order chi connectivity index (χ0) is 14.1. The molecule has 3 rings (SSSR count). The number of nitrogens with one attached hydrogen (secondary N) is 1. The molecule has 1 aliphatic carbocycles. The van der Waals surface area contributed by atoms with Crippen LogP contribution in [0.1, 0.15) is 18.4 Å². The average molecular weight is 310 g/mol. The summed E-state index contributed by atoms with van der Waals surface area (Å²) >= 11 is 12.2. The number of carbonyl (C=O) groups is 1. The van der Waals surface area contributed by atoms with E-state index < -0.39 is 0 Å². The van der Waals surface area contributed by atoms with Crippen LogP contribution in [0.15, 0.2) is 30.5 Å². The molecule has 1 aromatic carbocycles. The number of carbonyl (C=O) groups excluding carboxylic acids is 1. The van der Waals surface area contributed by atoms with Crippen LogP contribution in [0, 0.1) is 5.92 Å². The van der Waals surface area contributed by atoms with Crippen LogP contribution in [-0.2, 0) is 11.3 Å². The lowest BCUT2D eigenvalue weighted by atomic mass is 10.2. The predicted molar refractivity (Wildman–Crippen MR) is 79.1 cm³/mol. The van der Waals surface area contributed by atoms with Crippen LogP contribution in [0.3, 0.4) is 0 Å². The first-order chi connectivity index (χ1) is 9.63. The third-order valence-corrected chi connectivity index (χ3v) is 3.84. The Bertz CT molecular complexity index is 650. The molecule has 2 aromatic rings. The SMILES string of the molecule is O=C(Nc1nn(Cc2ccccc2Cl)cc1Cl)C1CC1. The molecule has 4 nitrogen and oxygen atoms in total. The van der Waals surface area contributed by atoms with Gasteiger partial charge >= 0.3 is 0 Å². The van der Waals surface area contributed by atoms with Gasteiger partial charge in [0, 0.05) is 17.1 Å². The van der Waals surface area contributed by atoms with Crippen LogP contribution in [0.25, 0.3) is 0 Å². The smallest absolute Gasteiger partial charge is 0.228 e. The van der Waals surface area contributed by atoms with Crippen molar-refractivity contribution >= 4 is 34.9 Å². The van der Waals surface area contributed by atoms with E-state index in [-0.39, 0.29) is 11.8 Å². The van der Waals surface area contributed by atoms with Gasteiger partial charge in [-0.3, -0.25) is 9.48 Å². The molecule has 0 unspecified atom stereocenters. The molecule has 1 aromatic heterocycles. The highest BCUT2D eigenvalue weighted by molar-refractivity contribution is 6.33. The highest BCUT2D eigenvalue weighted by Gasteiger charge is 2.30. The van der Waals surface area contributed by atoms with Crippen molar-refractivity contribution in [1.82, 2.24) is 9.78 Å². The Morgan fingerprint density at radius 2 is 2.05 bits per heavy atom. The van der Waals surface area contributed by atoms with E-state index in [0.717, 1.165) is 18.4 Å². The lowest BCUT2D eigenvalue weighted by Gasteiger charge is -2.04. The van der Waals surface area contributed by atoms with E-state index in [4.69, 9.17) is 23.2 Å². The average Bonchev–Trinajstić information content (AvgIpc) is 3.20. The van der Waals surface area contributed by atoms with Gasteiger partial charge in [-0.05, 0) is 24.5 Å². The number of aromatic nitrogens is 2. The molecule has 1 heterocycles. The highest BCUT2D eigenvalue weighted by Crippen LogP contribution is 2.31. The van der Waals surface area contributed by atoms with Crippen molar-refractivity contribution in [3.8, 4) is 0 Å². The number of nitrogens with zero attached hydrogens (tertiary/aromatic N) is 2. The van der Waals surface area contributed by atoms with E-state index in [9.17, 15) is 4.79 Å². The summed E-state index contributed by atoms with van der Waals surface area (Å²) in [6.07, 6.45) is 3.58. The standard InChI is InChI=1S/C14H13Cl2N3O/c15-11-4-2-1-3-10(11)7-19-8-12(16)13(18-19)17-14(20)9-5-6-9/h1-4,8-9H,5-7H2,(H,17,18,20). The van der Waals surface area contributed by atoms with Crippen molar-refractivity contribution in [3.05, 3.63) is 46.1 Å². The van der Waals surface area contributed by atoms with Crippen molar-refractivity contribution in [3.63, 3.8) is 0 Å².